The Morgan fingerprint density at radius 3 is 2.38 bits per heavy atom. The second-order valence-corrected chi connectivity index (χ2v) is 6.87. The molecule has 0 amide bonds. The standard InChI is InChI=1S/C21H15Cl2N3/c1-13-6-9-15(10-7-13)24-21-17-4-2-3-5-19(17)25-20(26-21)16-11-8-14(22)12-18(16)23/h2-12H,1H3,(H,24,25,26). The lowest BCUT2D eigenvalue weighted by molar-refractivity contribution is 1.22. The van der Waals surface area contributed by atoms with Crippen LogP contribution in [0, 0.1) is 6.92 Å². The zero-order valence-electron chi connectivity index (χ0n) is 14.0. The van der Waals surface area contributed by atoms with Crippen LogP contribution in [0.5, 0.6) is 0 Å². The minimum Gasteiger partial charge on any atom is -0.340 e. The Bertz CT molecular complexity index is 1090. The van der Waals surface area contributed by atoms with E-state index >= 15 is 0 Å². The normalized spacial score (nSPS) is 10.9. The summed E-state index contributed by atoms with van der Waals surface area (Å²) in [4.78, 5) is 9.40. The van der Waals surface area contributed by atoms with Crippen LogP contribution in [0.3, 0.4) is 0 Å². The van der Waals surface area contributed by atoms with E-state index < -0.39 is 0 Å². The summed E-state index contributed by atoms with van der Waals surface area (Å²) in [6.07, 6.45) is 0. The Kier molecular flexibility index (Phi) is 4.49. The van der Waals surface area contributed by atoms with E-state index in [2.05, 4.69) is 29.4 Å². The predicted octanol–water partition coefficient (Wildman–Crippen LogP) is 6.66. The first-order valence-electron chi connectivity index (χ1n) is 8.16. The number of nitrogens with one attached hydrogen (secondary N) is 1. The fourth-order valence-electron chi connectivity index (χ4n) is 2.74. The highest BCUT2D eigenvalue weighted by Gasteiger charge is 2.12. The second kappa shape index (κ2) is 6.94. The van der Waals surface area contributed by atoms with Crippen LogP contribution < -0.4 is 5.32 Å². The molecule has 4 aromatic rings. The van der Waals surface area contributed by atoms with Gasteiger partial charge in [0.2, 0.25) is 0 Å². The number of fused-ring (bicyclic) bond motifs is 1. The van der Waals surface area contributed by atoms with Crippen molar-refractivity contribution < 1.29 is 0 Å². The zero-order chi connectivity index (χ0) is 18.1. The molecule has 128 valence electrons. The SMILES string of the molecule is Cc1ccc(Nc2nc(-c3ccc(Cl)cc3Cl)nc3ccccc23)cc1. The van der Waals surface area contributed by atoms with Crippen molar-refractivity contribution in [2.45, 2.75) is 6.92 Å². The third-order valence-electron chi connectivity index (χ3n) is 4.09. The number of anilines is 2. The first kappa shape index (κ1) is 16.8. The number of aromatic nitrogens is 2. The van der Waals surface area contributed by atoms with E-state index in [1.165, 1.54) is 5.56 Å². The average Bonchev–Trinajstić information content (AvgIpc) is 2.63. The van der Waals surface area contributed by atoms with Crippen molar-refractivity contribution in [2.75, 3.05) is 5.32 Å². The van der Waals surface area contributed by atoms with Crippen LogP contribution in [0.1, 0.15) is 5.56 Å². The molecule has 0 saturated carbocycles. The molecule has 0 aliphatic carbocycles. The highest BCUT2D eigenvalue weighted by Crippen LogP contribution is 2.32. The van der Waals surface area contributed by atoms with Crippen LogP contribution in [0.2, 0.25) is 10.0 Å². The van der Waals surface area contributed by atoms with E-state index in [0.29, 0.717) is 15.9 Å². The molecule has 0 aliphatic heterocycles. The molecule has 0 aliphatic rings. The number of rotatable bonds is 3. The molecular weight excluding hydrogens is 365 g/mol. The van der Waals surface area contributed by atoms with Crippen molar-refractivity contribution in [1.82, 2.24) is 9.97 Å². The molecule has 3 aromatic carbocycles. The highest BCUT2D eigenvalue weighted by atomic mass is 35.5. The molecule has 0 spiro atoms. The van der Waals surface area contributed by atoms with Crippen molar-refractivity contribution in [2.24, 2.45) is 0 Å². The van der Waals surface area contributed by atoms with E-state index in [0.717, 1.165) is 28.0 Å². The molecule has 1 heterocycles. The van der Waals surface area contributed by atoms with Crippen LogP contribution >= 0.6 is 23.2 Å². The number of para-hydroxylation sites is 1. The fraction of sp³-hybridized carbons (Fsp3) is 0.0476. The van der Waals surface area contributed by atoms with E-state index in [9.17, 15) is 0 Å². The minimum absolute atomic E-state index is 0.522. The van der Waals surface area contributed by atoms with Crippen LogP contribution in [-0.2, 0) is 0 Å². The molecule has 0 radical (unpaired) electrons. The number of nitrogens with zero attached hydrogens (tertiary/aromatic N) is 2. The molecule has 5 heteroatoms. The summed E-state index contributed by atoms with van der Waals surface area (Å²) in [6, 6.07) is 21.4. The summed E-state index contributed by atoms with van der Waals surface area (Å²) in [5.41, 5.74) is 3.76. The van der Waals surface area contributed by atoms with Gasteiger partial charge in [-0.2, -0.15) is 0 Å². The smallest absolute Gasteiger partial charge is 0.163 e. The van der Waals surface area contributed by atoms with Gasteiger partial charge in [0, 0.05) is 21.7 Å². The summed E-state index contributed by atoms with van der Waals surface area (Å²) in [7, 11) is 0. The molecule has 1 aromatic heterocycles. The molecule has 0 atom stereocenters. The average molecular weight is 380 g/mol. The van der Waals surface area contributed by atoms with Gasteiger partial charge >= 0.3 is 0 Å². The van der Waals surface area contributed by atoms with Gasteiger partial charge in [0.25, 0.3) is 0 Å². The van der Waals surface area contributed by atoms with E-state index in [1.807, 2.05) is 42.5 Å². The summed E-state index contributed by atoms with van der Waals surface area (Å²) >= 11 is 12.4. The monoisotopic (exact) mass is 379 g/mol. The molecule has 0 unspecified atom stereocenters. The Hall–Kier alpha value is -2.62. The molecule has 26 heavy (non-hydrogen) atoms. The van der Waals surface area contributed by atoms with Crippen molar-refractivity contribution in [3.8, 4) is 11.4 Å². The van der Waals surface area contributed by atoms with Gasteiger partial charge in [0.15, 0.2) is 5.82 Å². The molecular formula is C21H15Cl2N3. The van der Waals surface area contributed by atoms with Gasteiger partial charge in [0.1, 0.15) is 5.82 Å². The van der Waals surface area contributed by atoms with Crippen LogP contribution in [0.25, 0.3) is 22.3 Å². The molecule has 0 bridgehead atoms. The summed E-state index contributed by atoms with van der Waals surface area (Å²) < 4.78 is 0. The van der Waals surface area contributed by atoms with Crippen molar-refractivity contribution in [1.29, 1.82) is 0 Å². The van der Waals surface area contributed by atoms with Gasteiger partial charge < -0.3 is 5.32 Å². The van der Waals surface area contributed by atoms with Crippen LogP contribution in [0.15, 0.2) is 66.7 Å². The lowest BCUT2D eigenvalue weighted by Crippen LogP contribution is -1.99. The Balaban J connectivity index is 1.86. The predicted molar refractivity (Wildman–Crippen MR) is 109 cm³/mol. The van der Waals surface area contributed by atoms with Gasteiger partial charge in [-0.1, -0.05) is 53.0 Å². The van der Waals surface area contributed by atoms with Crippen molar-refractivity contribution in [3.63, 3.8) is 0 Å². The lowest BCUT2D eigenvalue weighted by atomic mass is 10.1. The Labute approximate surface area is 161 Å². The molecule has 0 fully saturated rings. The first-order valence-corrected chi connectivity index (χ1v) is 8.92. The molecule has 0 saturated heterocycles. The third-order valence-corrected chi connectivity index (χ3v) is 4.64. The maximum absolute atomic E-state index is 6.36. The maximum Gasteiger partial charge on any atom is 0.163 e. The third kappa shape index (κ3) is 3.36. The molecule has 1 N–H and O–H groups in total. The van der Waals surface area contributed by atoms with E-state index in [4.69, 9.17) is 28.2 Å². The fourth-order valence-corrected chi connectivity index (χ4v) is 3.23. The second-order valence-electron chi connectivity index (χ2n) is 6.03. The summed E-state index contributed by atoms with van der Waals surface area (Å²) in [6.45, 7) is 2.06. The zero-order valence-corrected chi connectivity index (χ0v) is 15.5. The van der Waals surface area contributed by atoms with Gasteiger partial charge in [0.05, 0.1) is 10.5 Å². The van der Waals surface area contributed by atoms with Crippen LogP contribution in [-0.4, -0.2) is 9.97 Å². The van der Waals surface area contributed by atoms with Gasteiger partial charge in [-0.3, -0.25) is 0 Å². The maximum atomic E-state index is 6.36. The van der Waals surface area contributed by atoms with Gasteiger partial charge in [-0.15, -0.1) is 0 Å². The molecule has 4 rings (SSSR count). The highest BCUT2D eigenvalue weighted by molar-refractivity contribution is 6.36. The Morgan fingerprint density at radius 1 is 0.846 bits per heavy atom. The largest absolute Gasteiger partial charge is 0.340 e. The van der Waals surface area contributed by atoms with Crippen LogP contribution in [0.4, 0.5) is 11.5 Å². The first-order chi connectivity index (χ1) is 12.6. The van der Waals surface area contributed by atoms with Gasteiger partial charge in [-0.05, 0) is 49.4 Å². The summed E-state index contributed by atoms with van der Waals surface area (Å²) in [5.74, 6) is 1.29. The number of benzene rings is 3. The summed E-state index contributed by atoms with van der Waals surface area (Å²) in [5, 5.41) is 5.44. The van der Waals surface area contributed by atoms with Crippen molar-refractivity contribution >= 4 is 45.6 Å². The van der Waals surface area contributed by atoms with E-state index in [1.54, 1.807) is 12.1 Å². The number of halogens is 2. The quantitative estimate of drug-likeness (QED) is 0.432. The Morgan fingerprint density at radius 2 is 1.62 bits per heavy atom. The van der Waals surface area contributed by atoms with Gasteiger partial charge in [-0.25, -0.2) is 9.97 Å². The minimum atomic E-state index is 0.522. The lowest BCUT2D eigenvalue weighted by Gasteiger charge is -2.12. The number of hydrogen-bond donors (Lipinski definition) is 1. The molecule has 3 nitrogen and oxygen atoms in total. The topological polar surface area (TPSA) is 37.8 Å². The number of aryl methyl sites for hydroxylation is 1. The van der Waals surface area contributed by atoms with Crippen molar-refractivity contribution in [3.05, 3.63) is 82.3 Å². The van der Waals surface area contributed by atoms with E-state index in [-0.39, 0.29) is 0 Å². The number of hydrogen-bond acceptors (Lipinski definition) is 3.